The molecule has 10 heteroatoms. The maximum atomic E-state index is 13.3. The number of ether oxygens (including phenoxy) is 2. The van der Waals surface area contributed by atoms with E-state index in [2.05, 4.69) is 4.74 Å². The molecule has 4 nitrogen and oxygen atoms in total. The Morgan fingerprint density at radius 3 is 2.14 bits per heavy atom. The van der Waals surface area contributed by atoms with Gasteiger partial charge in [-0.1, -0.05) is 12.1 Å². The molecule has 0 bridgehead atoms. The second-order valence-electron chi connectivity index (χ2n) is 5.91. The fourth-order valence-electron chi connectivity index (χ4n) is 2.82. The van der Waals surface area contributed by atoms with Crippen LogP contribution in [0.15, 0.2) is 42.6 Å². The van der Waals surface area contributed by atoms with Gasteiger partial charge in [-0.05, 0) is 29.8 Å². The number of fused-ring (bicyclic) bond motifs is 1. The summed E-state index contributed by atoms with van der Waals surface area (Å²) in [4.78, 5) is 0. The van der Waals surface area contributed by atoms with Crippen LogP contribution < -0.4 is 9.47 Å². The molecule has 0 aliphatic rings. The van der Waals surface area contributed by atoms with Crippen LogP contribution >= 0.6 is 0 Å². The normalized spacial score (nSPS) is 12.4. The van der Waals surface area contributed by atoms with Crippen LogP contribution in [0.3, 0.4) is 0 Å². The Morgan fingerprint density at radius 2 is 1.61 bits per heavy atom. The van der Waals surface area contributed by atoms with E-state index in [1.54, 1.807) is 0 Å². The zero-order valence-corrected chi connectivity index (χ0v) is 14.2. The maximum absolute atomic E-state index is 13.3. The molecule has 0 unspecified atom stereocenters. The molecule has 28 heavy (non-hydrogen) atoms. The number of hydrogen-bond donors (Lipinski definition) is 1. The molecule has 0 aliphatic heterocycles. The molecule has 3 rings (SSSR count). The van der Waals surface area contributed by atoms with E-state index in [9.17, 15) is 31.4 Å². The van der Waals surface area contributed by atoms with Crippen LogP contribution in [0, 0.1) is 0 Å². The van der Waals surface area contributed by atoms with E-state index in [0.29, 0.717) is 5.56 Å². The number of aromatic nitrogens is 1. The highest BCUT2D eigenvalue weighted by atomic mass is 19.4. The lowest BCUT2D eigenvalue weighted by Gasteiger charge is -2.11. The van der Waals surface area contributed by atoms with Gasteiger partial charge >= 0.3 is 12.5 Å². The standard InChI is InChI=1S/C18H13F6NO3/c1-27-13-6-11-9-25(16(26)15(11)14(7-13)17(19,20)21)8-10-2-4-12(5-3-10)28-18(22,23)24/h2-7,9,26H,8H2,1H3. The molecule has 0 atom stereocenters. The van der Waals surface area contributed by atoms with Gasteiger partial charge in [-0.25, -0.2) is 0 Å². The Bertz CT molecular complexity index is 990. The number of hydrogen-bond acceptors (Lipinski definition) is 3. The fraction of sp³-hybridized carbons (Fsp3) is 0.222. The number of rotatable bonds is 4. The Morgan fingerprint density at radius 1 is 0.964 bits per heavy atom. The zero-order chi connectivity index (χ0) is 20.7. The summed E-state index contributed by atoms with van der Waals surface area (Å²) in [5.41, 5.74) is -0.599. The van der Waals surface area contributed by atoms with Crippen molar-refractivity contribution in [1.82, 2.24) is 4.57 Å². The van der Waals surface area contributed by atoms with Gasteiger partial charge in [0, 0.05) is 11.6 Å². The smallest absolute Gasteiger partial charge is 0.497 e. The van der Waals surface area contributed by atoms with Crippen molar-refractivity contribution >= 4 is 10.8 Å². The van der Waals surface area contributed by atoms with E-state index in [1.807, 2.05) is 0 Å². The number of halogens is 6. The Kier molecular flexibility index (Phi) is 4.82. The van der Waals surface area contributed by atoms with Gasteiger partial charge in [0.15, 0.2) is 5.88 Å². The van der Waals surface area contributed by atoms with Gasteiger partial charge in [0.1, 0.15) is 11.5 Å². The molecule has 0 radical (unpaired) electrons. The van der Waals surface area contributed by atoms with Crippen molar-refractivity contribution in [1.29, 1.82) is 0 Å². The summed E-state index contributed by atoms with van der Waals surface area (Å²) in [6.45, 7) is -0.0631. The Hall–Kier alpha value is -3.04. The van der Waals surface area contributed by atoms with Gasteiger partial charge in [-0.2, -0.15) is 13.2 Å². The monoisotopic (exact) mass is 405 g/mol. The van der Waals surface area contributed by atoms with E-state index in [1.165, 1.54) is 36.1 Å². The molecule has 2 aromatic carbocycles. The molecular formula is C18H13F6NO3. The Labute approximate surface area is 154 Å². The minimum atomic E-state index is -4.83. The van der Waals surface area contributed by atoms with Crippen molar-refractivity contribution < 1.29 is 40.9 Å². The number of benzene rings is 2. The van der Waals surface area contributed by atoms with Crippen LogP contribution in [0.25, 0.3) is 10.8 Å². The van der Waals surface area contributed by atoms with Crippen molar-refractivity contribution in [3.63, 3.8) is 0 Å². The summed E-state index contributed by atoms with van der Waals surface area (Å²) >= 11 is 0. The minimum Gasteiger partial charge on any atom is -0.497 e. The predicted octanol–water partition coefficient (Wildman–Crippen LogP) is 5.32. The van der Waals surface area contributed by atoms with Gasteiger partial charge in [-0.3, -0.25) is 0 Å². The lowest BCUT2D eigenvalue weighted by molar-refractivity contribution is -0.274. The first-order valence-electron chi connectivity index (χ1n) is 7.79. The van der Waals surface area contributed by atoms with Crippen LogP contribution in [0.5, 0.6) is 17.4 Å². The highest BCUT2D eigenvalue weighted by Crippen LogP contribution is 2.42. The van der Waals surface area contributed by atoms with E-state index in [-0.39, 0.29) is 23.1 Å². The molecular weight excluding hydrogens is 392 g/mol. The van der Waals surface area contributed by atoms with Crippen LogP contribution in [-0.2, 0) is 12.7 Å². The average Bonchev–Trinajstić information content (AvgIpc) is 2.89. The third-order valence-electron chi connectivity index (χ3n) is 3.98. The number of methoxy groups -OCH3 is 1. The number of aromatic hydroxyl groups is 1. The van der Waals surface area contributed by atoms with Crippen molar-refractivity contribution in [3.8, 4) is 17.4 Å². The van der Waals surface area contributed by atoms with Crippen molar-refractivity contribution in [2.24, 2.45) is 0 Å². The molecule has 0 saturated heterocycles. The van der Waals surface area contributed by atoms with Crippen molar-refractivity contribution in [3.05, 3.63) is 53.7 Å². The van der Waals surface area contributed by atoms with E-state index < -0.39 is 29.7 Å². The van der Waals surface area contributed by atoms with E-state index in [0.717, 1.165) is 18.2 Å². The third kappa shape index (κ3) is 4.10. The largest absolute Gasteiger partial charge is 0.573 e. The molecule has 1 heterocycles. The van der Waals surface area contributed by atoms with Gasteiger partial charge in [0.25, 0.3) is 0 Å². The van der Waals surface area contributed by atoms with Crippen molar-refractivity contribution in [2.75, 3.05) is 7.11 Å². The Balaban J connectivity index is 1.97. The van der Waals surface area contributed by atoms with Crippen LogP contribution in [0.1, 0.15) is 11.1 Å². The first-order chi connectivity index (χ1) is 13.0. The minimum absolute atomic E-state index is 0.0226. The highest BCUT2D eigenvalue weighted by Gasteiger charge is 2.35. The SMILES string of the molecule is COc1cc(C(F)(F)F)c2c(O)n(Cc3ccc(OC(F)(F)F)cc3)cc2c1. The average molecular weight is 405 g/mol. The molecule has 150 valence electrons. The molecule has 1 aromatic heterocycles. The topological polar surface area (TPSA) is 43.6 Å². The summed E-state index contributed by atoms with van der Waals surface area (Å²) in [6.07, 6.45) is -8.24. The summed E-state index contributed by atoms with van der Waals surface area (Å²) in [5.74, 6) is -1.06. The van der Waals surface area contributed by atoms with Gasteiger partial charge in [0.05, 0.1) is 24.6 Å². The number of nitrogens with zero attached hydrogens (tertiary/aromatic N) is 1. The molecule has 0 fully saturated rings. The lowest BCUT2D eigenvalue weighted by Crippen LogP contribution is -2.17. The molecule has 0 amide bonds. The van der Waals surface area contributed by atoms with E-state index >= 15 is 0 Å². The van der Waals surface area contributed by atoms with Crippen LogP contribution in [0.4, 0.5) is 26.3 Å². The van der Waals surface area contributed by atoms with Crippen LogP contribution in [-0.4, -0.2) is 23.1 Å². The summed E-state index contributed by atoms with van der Waals surface area (Å²) < 4.78 is 86.4. The van der Waals surface area contributed by atoms with E-state index in [4.69, 9.17) is 4.74 Å². The van der Waals surface area contributed by atoms with Gasteiger partial charge in [-0.15, -0.1) is 13.2 Å². The zero-order valence-electron chi connectivity index (χ0n) is 14.2. The summed E-state index contributed by atoms with van der Waals surface area (Å²) in [5, 5.41) is 10.0. The molecule has 3 aromatic rings. The third-order valence-corrected chi connectivity index (χ3v) is 3.98. The fourth-order valence-corrected chi connectivity index (χ4v) is 2.82. The summed E-state index contributed by atoms with van der Waals surface area (Å²) in [6, 6.07) is 6.92. The quantitative estimate of drug-likeness (QED) is 0.598. The predicted molar refractivity (Wildman–Crippen MR) is 87.4 cm³/mol. The van der Waals surface area contributed by atoms with Gasteiger partial charge in [0.2, 0.25) is 0 Å². The highest BCUT2D eigenvalue weighted by molar-refractivity contribution is 5.92. The lowest BCUT2D eigenvalue weighted by atomic mass is 10.1. The summed E-state index contributed by atoms with van der Waals surface area (Å²) in [7, 11) is 1.22. The molecule has 1 N–H and O–H groups in total. The van der Waals surface area contributed by atoms with Gasteiger partial charge < -0.3 is 19.1 Å². The molecule has 0 spiro atoms. The second kappa shape index (κ2) is 6.84. The second-order valence-corrected chi connectivity index (χ2v) is 5.91. The van der Waals surface area contributed by atoms with Crippen molar-refractivity contribution in [2.45, 2.75) is 19.1 Å². The molecule has 0 aliphatic carbocycles. The first kappa shape index (κ1) is 19.7. The van der Waals surface area contributed by atoms with Crippen LogP contribution in [0.2, 0.25) is 0 Å². The number of alkyl halides is 6. The molecule has 0 saturated carbocycles. The maximum Gasteiger partial charge on any atom is 0.573 e. The first-order valence-corrected chi connectivity index (χ1v) is 7.79.